The van der Waals surface area contributed by atoms with E-state index in [1.807, 2.05) is 0 Å². The van der Waals surface area contributed by atoms with E-state index in [1.165, 1.54) is 0 Å². The summed E-state index contributed by atoms with van der Waals surface area (Å²) in [4.78, 5) is 11.4. The molecule has 6 nitrogen and oxygen atoms in total. The van der Waals surface area contributed by atoms with Crippen molar-refractivity contribution < 1.29 is 18.5 Å². The van der Waals surface area contributed by atoms with Gasteiger partial charge in [-0.25, -0.2) is 0 Å². The Bertz CT molecular complexity index is 492. The molecular weight excluding hydrogens is 256 g/mol. The highest BCUT2D eigenvalue weighted by Gasteiger charge is 2.18. The Morgan fingerprint density at radius 1 is 1.33 bits per heavy atom. The van der Waals surface area contributed by atoms with Crippen molar-refractivity contribution in [2.24, 2.45) is 11.5 Å². The standard InChI is InChI=1S/C11H14N2O4S/c12-8(11(13)14)6-18(15)7-1-2-9-10(5-7)17-4-3-16-9/h1-2,5,8H,3-4,6,12H2,(H2,13,14). The molecule has 18 heavy (non-hydrogen) atoms. The highest BCUT2D eigenvalue weighted by Crippen LogP contribution is 2.31. The Morgan fingerprint density at radius 2 is 2.00 bits per heavy atom. The van der Waals surface area contributed by atoms with Gasteiger partial charge in [0.05, 0.1) is 22.6 Å². The van der Waals surface area contributed by atoms with Crippen molar-refractivity contribution in [3.05, 3.63) is 18.2 Å². The smallest absolute Gasteiger partial charge is 0.235 e. The predicted molar refractivity (Wildman–Crippen MR) is 65.9 cm³/mol. The molecule has 2 atom stereocenters. The molecule has 1 aliphatic rings. The van der Waals surface area contributed by atoms with Crippen molar-refractivity contribution in [3.63, 3.8) is 0 Å². The lowest BCUT2D eigenvalue weighted by molar-refractivity contribution is -0.118. The lowest BCUT2D eigenvalue weighted by atomic mass is 10.3. The van der Waals surface area contributed by atoms with Crippen LogP contribution in [-0.2, 0) is 15.6 Å². The molecule has 1 aromatic carbocycles. The molecular formula is C11H14N2O4S. The Morgan fingerprint density at radius 3 is 2.67 bits per heavy atom. The zero-order valence-corrected chi connectivity index (χ0v) is 10.4. The Kier molecular flexibility index (Phi) is 3.83. The van der Waals surface area contributed by atoms with Gasteiger partial charge in [0.2, 0.25) is 5.91 Å². The third kappa shape index (κ3) is 2.80. The molecule has 0 fully saturated rings. The fraction of sp³-hybridized carbons (Fsp3) is 0.364. The van der Waals surface area contributed by atoms with Gasteiger partial charge < -0.3 is 20.9 Å². The second kappa shape index (κ2) is 5.36. The zero-order valence-electron chi connectivity index (χ0n) is 9.63. The number of carbonyl (C=O) groups excluding carboxylic acids is 1. The largest absolute Gasteiger partial charge is 0.486 e. The van der Waals surface area contributed by atoms with Crippen LogP contribution in [0, 0.1) is 0 Å². The van der Waals surface area contributed by atoms with Crippen LogP contribution in [-0.4, -0.2) is 35.1 Å². The number of benzene rings is 1. The van der Waals surface area contributed by atoms with E-state index in [0.29, 0.717) is 29.6 Å². The molecule has 0 spiro atoms. The third-order valence-corrected chi connectivity index (χ3v) is 3.91. The highest BCUT2D eigenvalue weighted by molar-refractivity contribution is 7.85. The Hall–Kier alpha value is -1.60. The van der Waals surface area contributed by atoms with E-state index in [9.17, 15) is 9.00 Å². The molecule has 1 heterocycles. The molecule has 0 aromatic heterocycles. The summed E-state index contributed by atoms with van der Waals surface area (Å²) in [5.74, 6) is 0.511. The summed E-state index contributed by atoms with van der Waals surface area (Å²) in [5.41, 5.74) is 10.5. The number of fused-ring (bicyclic) bond motifs is 1. The van der Waals surface area contributed by atoms with Crippen LogP contribution >= 0.6 is 0 Å². The van der Waals surface area contributed by atoms with E-state index in [0.717, 1.165) is 0 Å². The van der Waals surface area contributed by atoms with Crippen molar-refractivity contribution in [1.29, 1.82) is 0 Å². The molecule has 0 aliphatic carbocycles. The topological polar surface area (TPSA) is 105 Å². The van der Waals surface area contributed by atoms with Crippen LogP contribution in [0.5, 0.6) is 11.5 Å². The molecule has 0 radical (unpaired) electrons. The molecule has 2 rings (SSSR count). The van der Waals surface area contributed by atoms with Gasteiger partial charge in [-0.1, -0.05) is 0 Å². The lowest BCUT2D eigenvalue weighted by Gasteiger charge is -2.18. The van der Waals surface area contributed by atoms with Crippen LogP contribution < -0.4 is 20.9 Å². The van der Waals surface area contributed by atoms with E-state index in [2.05, 4.69) is 0 Å². The minimum absolute atomic E-state index is 0.00498. The first-order chi connectivity index (χ1) is 8.58. The van der Waals surface area contributed by atoms with Gasteiger partial charge >= 0.3 is 0 Å². The molecule has 98 valence electrons. The number of primary amides is 1. The van der Waals surface area contributed by atoms with Crippen LogP contribution in [0.1, 0.15) is 0 Å². The third-order valence-electron chi connectivity index (χ3n) is 2.47. The van der Waals surface area contributed by atoms with Crippen molar-refractivity contribution >= 4 is 16.7 Å². The minimum Gasteiger partial charge on any atom is -0.486 e. The first-order valence-electron chi connectivity index (χ1n) is 5.41. The average molecular weight is 270 g/mol. The van der Waals surface area contributed by atoms with E-state index in [-0.39, 0.29) is 5.75 Å². The Balaban J connectivity index is 2.13. The SMILES string of the molecule is NC(=O)C(N)CS(=O)c1ccc2c(c1)OCCO2. The molecule has 7 heteroatoms. The van der Waals surface area contributed by atoms with Gasteiger partial charge in [0, 0.05) is 11.0 Å². The summed E-state index contributed by atoms with van der Waals surface area (Å²) in [7, 11) is -1.39. The van der Waals surface area contributed by atoms with E-state index in [4.69, 9.17) is 20.9 Å². The van der Waals surface area contributed by atoms with Crippen molar-refractivity contribution in [1.82, 2.24) is 0 Å². The number of hydrogen-bond donors (Lipinski definition) is 2. The van der Waals surface area contributed by atoms with Crippen LogP contribution in [0.4, 0.5) is 0 Å². The first kappa shape index (κ1) is 12.8. The average Bonchev–Trinajstić information content (AvgIpc) is 2.37. The number of nitrogens with two attached hydrogens (primary N) is 2. The minimum atomic E-state index is -1.39. The second-order valence-electron chi connectivity index (χ2n) is 3.83. The van der Waals surface area contributed by atoms with Gasteiger partial charge in [0.25, 0.3) is 0 Å². The van der Waals surface area contributed by atoms with Gasteiger partial charge in [0.1, 0.15) is 13.2 Å². The van der Waals surface area contributed by atoms with Gasteiger partial charge in [-0.3, -0.25) is 9.00 Å². The highest BCUT2D eigenvalue weighted by atomic mass is 32.2. The number of amides is 1. The first-order valence-corrected chi connectivity index (χ1v) is 6.73. The second-order valence-corrected chi connectivity index (χ2v) is 5.32. The fourth-order valence-corrected chi connectivity index (χ4v) is 2.65. The summed E-state index contributed by atoms with van der Waals surface area (Å²) < 4.78 is 22.7. The summed E-state index contributed by atoms with van der Waals surface area (Å²) in [6.45, 7) is 0.964. The summed E-state index contributed by atoms with van der Waals surface area (Å²) in [5, 5.41) is 0. The van der Waals surface area contributed by atoms with Crippen LogP contribution in [0.15, 0.2) is 23.1 Å². The summed E-state index contributed by atoms with van der Waals surface area (Å²) >= 11 is 0. The van der Waals surface area contributed by atoms with Crippen molar-refractivity contribution in [3.8, 4) is 11.5 Å². The van der Waals surface area contributed by atoms with Gasteiger partial charge in [-0.05, 0) is 12.1 Å². The van der Waals surface area contributed by atoms with Gasteiger partial charge in [-0.2, -0.15) is 0 Å². The molecule has 0 saturated carbocycles. The molecule has 1 amide bonds. The number of ether oxygens (including phenoxy) is 2. The normalized spacial score (nSPS) is 16.9. The van der Waals surface area contributed by atoms with Gasteiger partial charge in [0.15, 0.2) is 11.5 Å². The number of carbonyl (C=O) groups is 1. The molecule has 1 aliphatic heterocycles. The Labute approximate surface area is 107 Å². The number of hydrogen-bond acceptors (Lipinski definition) is 5. The maximum Gasteiger partial charge on any atom is 0.235 e. The molecule has 2 unspecified atom stereocenters. The summed E-state index contributed by atoms with van der Waals surface area (Å²) in [6.07, 6.45) is 0. The molecule has 0 bridgehead atoms. The van der Waals surface area contributed by atoms with Crippen LogP contribution in [0.2, 0.25) is 0 Å². The van der Waals surface area contributed by atoms with Crippen molar-refractivity contribution in [2.75, 3.05) is 19.0 Å². The maximum atomic E-state index is 12.0. The molecule has 0 saturated heterocycles. The zero-order chi connectivity index (χ0) is 13.1. The number of rotatable bonds is 4. The quantitative estimate of drug-likeness (QED) is 0.758. The molecule has 4 N–H and O–H groups in total. The van der Waals surface area contributed by atoms with Gasteiger partial charge in [-0.15, -0.1) is 0 Å². The van der Waals surface area contributed by atoms with Crippen LogP contribution in [0.3, 0.4) is 0 Å². The van der Waals surface area contributed by atoms with Crippen LogP contribution in [0.25, 0.3) is 0 Å². The lowest BCUT2D eigenvalue weighted by Crippen LogP contribution is -2.40. The molecule has 1 aromatic rings. The van der Waals surface area contributed by atoms with E-state index >= 15 is 0 Å². The predicted octanol–water partition coefficient (Wildman–Crippen LogP) is -0.622. The van der Waals surface area contributed by atoms with Crippen molar-refractivity contribution in [2.45, 2.75) is 10.9 Å². The summed E-state index contributed by atoms with van der Waals surface area (Å²) in [6, 6.07) is 4.08. The van der Waals surface area contributed by atoms with E-state index in [1.54, 1.807) is 18.2 Å². The monoisotopic (exact) mass is 270 g/mol. The van der Waals surface area contributed by atoms with E-state index < -0.39 is 22.7 Å². The maximum absolute atomic E-state index is 12.0. The fourth-order valence-electron chi connectivity index (χ4n) is 1.51.